The average Bonchev–Trinajstić information content (AvgIpc) is 2.46. The highest BCUT2D eigenvalue weighted by Crippen LogP contribution is 2.35. The van der Waals surface area contributed by atoms with Crippen molar-refractivity contribution in [2.24, 2.45) is 10.6 Å². The highest BCUT2D eigenvalue weighted by molar-refractivity contribution is 9.09. The summed E-state index contributed by atoms with van der Waals surface area (Å²) in [7, 11) is 0. The lowest BCUT2D eigenvalue weighted by atomic mass is 9.80. The zero-order valence-electron chi connectivity index (χ0n) is 13.7. The molecule has 0 radical (unpaired) electrons. The quantitative estimate of drug-likeness (QED) is 0.694. The van der Waals surface area contributed by atoms with Crippen LogP contribution in [0.2, 0.25) is 0 Å². The molecule has 0 saturated carbocycles. The third-order valence-corrected chi connectivity index (χ3v) is 4.62. The van der Waals surface area contributed by atoms with E-state index in [1.807, 2.05) is 20.8 Å². The summed E-state index contributed by atoms with van der Waals surface area (Å²) in [4.78, 5) is 19.1. The number of alkyl halides is 1. The van der Waals surface area contributed by atoms with Crippen LogP contribution in [0.4, 0.5) is 4.79 Å². The summed E-state index contributed by atoms with van der Waals surface area (Å²) in [5, 5.41) is 4.81. The van der Waals surface area contributed by atoms with E-state index < -0.39 is 5.60 Å². The van der Waals surface area contributed by atoms with Gasteiger partial charge >= 0.3 is 6.09 Å². The first-order valence-electron chi connectivity index (χ1n) is 7.64. The first-order chi connectivity index (χ1) is 10.2. The van der Waals surface area contributed by atoms with E-state index in [4.69, 9.17) is 14.3 Å². The average molecular weight is 377 g/mol. The molecule has 0 aliphatic carbocycles. The van der Waals surface area contributed by atoms with E-state index in [9.17, 15) is 4.79 Å². The monoisotopic (exact) mass is 376 g/mol. The summed E-state index contributed by atoms with van der Waals surface area (Å²) in [6, 6.07) is 0. The third kappa shape index (κ3) is 4.27. The van der Waals surface area contributed by atoms with Gasteiger partial charge in [-0.15, -0.1) is 0 Å². The third-order valence-electron chi connectivity index (χ3n) is 3.89. The van der Waals surface area contributed by atoms with Gasteiger partial charge in [0.05, 0.1) is 5.41 Å². The van der Waals surface area contributed by atoms with Crippen molar-refractivity contribution in [1.29, 1.82) is 0 Å². The molecule has 126 valence electrons. The van der Waals surface area contributed by atoms with Crippen LogP contribution in [0, 0.1) is 5.41 Å². The van der Waals surface area contributed by atoms with Crippen LogP contribution in [0.1, 0.15) is 40.5 Å². The number of hydrogen-bond donors (Lipinski definition) is 0. The Morgan fingerprint density at radius 2 is 2.09 bits per heavy atom. The number of halogens is 1. The van der Waals surface area contributed by atoms with Crippen molar-refractivity contribution in [3.63, 3.8) is 0 Å². The second kappa shape index (κ2) is 6.64. The molecule has 0 aromatic carbocycles. The molecule has 2 rings (SSSR count). The van der Waals surface area contributed by atoms with Gasteiger partial charge in [0.25, 0.3) is 0 Å². The van der Waals surface area contributed by atoms with Gasteiger partial charge in [0.2, 0.25) is 5.90 Å². The first-order valence-corrected chi connectivity index (χ1v) is 8.77. The highest BCUT2D eigenvalue weighted by Gasteiger charge is 2.41. The minimum atomic E-state index is -0.467. The Kier molecular flexibility index (Phi) is 5.25. The van der Waals surface area contributed by atoms with Crippen molar-refractivity contribution >= 4 is 27.9 Å². The zero-order chi connectivity index (χ0) is 16.4. The normalized spacial score (nSPS) is 24.9. The fourth-order valence-corrected chi connectivity index (χ4v) is 2.76. The fourth-order valence-electron chi connectivity index (χ4n) is 2.44. The molecule has 0 aromatic heterocycles. The molecule has 7 heteroatoms. The van der Waals surface area contributed by atoms with Crippen molar-refractivity contribution in [3.05, 3.63) is 0 Å². The minimum absolute atomic E-state index is 0.00629. The number of hydrogen-bond acceptors (Lipinski definition) is 5. The van der Waals surface area contributed by atoms with E-state index >= 15 is 0 Å². The standard InChI is InChI=1S/C15H25BrN2O4/c1-14(2,3)22-13(19)18-7-5-15(4,6-8-18)12-17-20-10-11(9-16)21-12/h11H,5-10H2,1-4H3. The van der Waals surface area contributed by atoms with Crippen LogP contribution in [0.25, 0.3) is 0 Å². The summed E-state index contributed by atoms with van der Waals surface area (Å²) < 4.78 is 11.3. The van der Waals surface area contributed by atoms with Crippen molar-refractivity contribution in [2.75, 3.05) is 25.0 Å². The predicted molar refractivity (Wildman–Crippen MR) is 87.2 cm³/mol. The van der Waals surface area contributed by atoms with Gasteiger partial charge in [0.15, 0.2) is 6.61 Å². The minimum Gasteiger partial charge on any atom is -0.470 e. The van der Waals surface area contributed by atoms with Gasteiger partial charge in [-0.3, -0.25) is 0 Å². The molecule has 2 aliphatic rings. The molecule has 1 unspecified atom stereocenters. The van der Waals surface area contributed by atoms with E-state index in [2.05, 4.69) is 28.0 Å². The number of nitrogens with zero attached hydrogens (tertiary/aromatic N) is 2. The molecule has 6 nitrogen and oxygen atoms in total. The summed E-state index contributed by atoms with van der Waals surface area (Å²) in [5.74, 6) is 0.645. The molecular weight excluding hydrogens is 352 g/mol. The predicted octanol–water partition coefficient (Wildman–Crippen LogP) is 3.15. The van der Waals surface area contributed by atoms with Crippen LogP contribution in [0.5, 0.6) is 0 Å². The molecule has 0 bridgehead atoms. The van der Waals surface area contributed by atoms with Gasteiger partial charge in [0.1, 0.15) is 11.7 Å². The maximum atomic E-state index is 12.1. The van der Waals surface area contributed by atoms with Crippen LogP contribution in [-0.2, 0) is 14.3 Å². The number of oxime groups is 1. The molecular formula is C15H25BrN2O4. The number of rotatable bonds is 2. The van der Waals surface area contributed by atoms with Gasteiger partial charge in [0, 0.05) is 18.4 Å². The molecule has 22 heavy (non-hydrogen) atoms. The Bertz CT molecular complexity index is 439. The molecule has 1 saturated heterocycles. The molecule has 0 aromatic rings. The van der Waals surface area contributed by atoms with Crippen molar-refractivity contribution in [3.8, 4) is 0 Å². The Labute approximate surface area is 140 Å². The molecule has 1 fully saturated rings. The maximum Gasteiger partial charge on any atom is 0.410 e. The lowest BCUT2D eigenvalue weighted by Crippen LogP contribution is -2.48. The lowest BCUT2D eigenvalue weighted by molar-refractivity contribution is -0.00563. The first kappa shape index (κ1) is 17.4. The smallest absolute Gasteiger partial charge is 0.410 e. The number of carbonyl (C=O) groups is 1. The highest BCUT2D eigenvalue weighted by atomic mass is 79.9. The summed E-state index contributed by atoms with van der Waals surface area (Å²) in [6.45, 7) is 9.47. The topological polar surface area (TPSA) is 60.4 Å². The summed E-state index contributed by atoms with van der Waals surface area (Å²) >= 11 is 3.41. The van der Waals surface area contributed by atoms with Gasteiger partial charge in [-0.25, -0.2) is 4.79 Å². The van der Waals surface area contributed by atoms with Gasteiger partial charge in [-0.2, -0.15) is 0 Å². The summed E-state index contributed by atoms with van der Waals surface area (Å²) in [5.41, 5.74) is -0.662. The Balaban J connectivity index is 1.93. The van der Waals surface area contributed by atoms with Gasteiger partial charge in [-0.1, -0.05) is 28.0 Å². The van der Waals surface area contributed by atoms with E-state index in [0.717, 1.165) is 12.8 Å². The summed E-state index contributed by atoms with van der Waals surface area (Å²) in [6.07, 6.45) is 1.30. The number of amides is 1. The molecule has 2 heterocycles. The molecule has 2 aliphatic heterocycles. The van der Waals surface area contributed by atoms with Crippen LogP contribution < -0.4 is 0 Å². The molecule has 1 amide bonds. The fraction of sp³-hybridized carbons (Fsp3) is 0.867. The molecule has 1 atom stereocenters. The Morgan fingerprint density at radius 3 is 2.64 bits per heavy atom. The largest absolute Gasteiger partial charge is 0.470 e. The number of likely N-dealkylation sites (tertiary alicyclic amines) is 1. The van der Waals surface area contributed by atoms with E-state index in [1.165, 1.54) is 0 Å². The Hall–Kier alpha value is -0.980. The Morgan fingerprint density at radius 1 is 1.45 bits per heavy atom. The van der Waals surface area contributed by atoms with Gasteiger partial charge < -0.3 is 19.2 Å². The van der Waals surface area contributed by atoms with E-state index in [-0.39, 0.29) is 17.6 Å². The van der Waals surface area contributed by atoms with Crippen LogP contribution in [0.3, 0.4) is 0 Å². The van der Waals surface area contributed by atoms with E-state index in [1.54, 1.807) is 4.90 Å². The number of carbonyl (C=O) groups excluding carboxylic acids is 1. The molecule has 0 N–H and O–H groups in total. The van der Waals surface area contributed by atoms with Crippen LogP contribution >= 0.6 is 15.9 Å². The van der Waals surface area contributed by atoms with E-state index in [0.29, 0.717) is 30.9 Å². The molecule has 0 spiro atoms. The van der Waals surface area contributed by atoms with Crippen molar-refractivity contribution in [2.45, 2.75) is 52.2 Å². The zero-order valence-corrected chi connectivity index (χ0v) is 15.3. The van der Waals surface area contributed by atoms with Crippen LogP contribution in [-0.4, -0.2) is 53.6 Å². The maximum absolute atomic E-state index is 12.1. The van der Waals surface area contributed by atoms with Crippen molar-refractivity contribution < 1.29 is 19.1 Å². The second-order valence-corrected chi connectivity index (χ2v) is 7.76. The van der Waals surface area contributed by atoms with Gasteiger partial charge in [-0.05, 0) is 33.6 Å². The number of ether oxygens (including phenoxy) is 2. The second-order valence-electron chi connectivity index (χ2n) is 7.11. The number of piperidine rings is 1. The van der Waals surface area contributed by atoms with Crippen molar-refractivity contribution in [1.82, 2.24) is 4.90 Å². The lowest BCUT2D eigenvalue weighted by Gasteiger charge is -2.40. The SMILES string of the molecule is CC(C)(C)OC(=O)N1CCC(C)(C2=NOCC(CBr)O2)CC1. The van der Waals surface area contributed by atoms with Crippen LogP contribution in [0.15, 0.2) is 5.16 Å².